The summed E-state index contributed by atoms with van der Waals surface area (Å²) in [4.78, 5) is 2.34. The van der Waals surface area contributed by atoms with Gasteiger partial charge in [0.1, 0.15) is 0 Å². The average molecular weight is 262 g/mol. The number of aryl methyl sites for hydroxylation is 1. The van der Waals surface area contributed by atoms with Crippen LogP contribution in [0.2, 0.25) is 0 Å². The molecule has 0 radical (unpaired) electrons. The van der Waals surface area contributed by atoms with Gasteiger partial charge in [-0.25, -0.2) is 0 Å². The van der Waals surface area contributed by atoms with E-state index in [9.17, 15) is 0 Å². The van der Waals surface area contributed by atoms with Crippen LogP contribution in [0.15, 0.2) is 24.3 Å². The predicted octanol–water partition coefficient (Wildman–Crippen LogP) is 2.37. The van der Waals surface area contributed by atoms with Crippen LogP contribution in [0.5, 0.6) is 0 Å². The highest BCUT2D eigenvalue weighted by Gasteiger charge is 2.19. The van der Waals surface area contributed by atoms with Gasteiger partial charge in [0.25, 0.3) is 0 Å². The molecule has 2 rings (SSSR count). The van der Waals surface area contributed by atoms with Crippen LogP contribution in [0.25, 0.3) is 0 Å². The lowest BCUT2D eigenvalue weighted by molar-refractivity contribution is -0.0193. The molecule has 1 heterocycles. The van der Waals surface area contributed by atoms with Gasteiger partial charge in [-0.15, -0.1) is 0 Å². The van der Waals surface area contributed by atoms with Gasteiger partial charge in [0.05, 0.1) is 12.7 Å². The van der Waals surface area contributed by atoms with E-state index in [0.717, 1.165) is 32.7 Å². The quantitative estimate of drug-likeness (QED) is 0.881. The monoisotopic (exact) mass is 262 g/mol. The molecule has 1 fully saturated rings. The number of benzene rings is 1. The molecule has 1 aliphatic rings. The summed E-state index contributed by atoms with van der Waals surface area (Å²) >= 11 is 0. The lowest BCUT2D eigenvalue weighted by Gasteiger charge is -2.31. The maximum atomic E-state index is 5.79. The number of morpholine rings is 1. The van der Waals surface area contributed by atoms with E-state index in [1.165, 1.54) is 11.1 Å². The number of rotatable bonds is 5. The lowest BCUT2D eigenvalue weighted by atomic mass is 10.0. The van der Waals surface area contributed by atoms with Crippen molar-refractivity contribution in [3.63, 3.8) is 0 Å². The molecule has 3 nitrogen and oxygen atoms in total. The maximum Gasteiger partial charge on any atom is 0.0826 e. The molecule has 2 unspecified atom stereocenters. The van der Waals surface area contributed by atoms with E-state index < -0.39 is 0 Å². The topological polar surface area (TPSA) is 24.5 Å². The minimum atomic E-state index is 0.318. The first-order valence-corrected chi connectivity index (χ1v) is 7.29. The van der Waals surface area contributed by atoms with Crippen molar-refractivity contribution >= 4 is 0 Å². The Morgan fingerprint density at radius 3 is 2.74 bits per heavy atom. The van der Waals surface area contributed by atoms with E-state index in [-0.39, 0.29) is 0 Å². The summed E-state index contributed by atoms with van der Waals surface area (Å²) in [7, 11) is 2.16. The zero-order valence-corrected chi connectivity index (χ0v) is 12.4. The van der Waals surface area contributed by atoms with Crippen LogP contribution in [0.4, 0.5) is 0 Å². The van der Waals surface area contributed by atoms with Crippen molar-refractivity contribution < 1.29 is 4.74 Å². The Kier molecular flexibility index (Phi) is 5.37. The van der Waals surface area contributed by atoms with Crippen LogP contribution in [-0.4, -0.2) is 44.3 Å². The molecule has 0 amide bonds. The molecular formula is C16H26N2O. The molecule has 1 aromatic rings. The van der Waals surface area contributed by atoms with Gasteiger partial charge in [0.15, 0.2) is 0 Å². The third kappa shape index (κ3) is 4.30. The first kappa shape index (κ1) is 14.5. The number of hydrogen-bond donors (Lipinski definition) is 1. The summed E-state index contributed by atoms with van der Waals surface area (Å²) in [6.45, 7) is 8.21. The van der Waals surface area contributed by atoms with Crippen molar-refractivity contribution in [2.75, 3.05) is 33.3 Å². The number of likely N-dealkylation sites (N-methyl/N-ethyl adjacent to an activating group) is 1. The Labute approximate surface area is 116 Å². The molecular weight excluding hydrogens is 236 g/mol. The van der Waals surface area contributed by atoms with Gasteiger partial charge in [-0.3, -0.25) is 0 Å². The van der Waals surface area contributed by atoms with Crippen LogP contribution in [0, 0.1) is 6.92 Å². The zero-order chi connectivity index (χ0) is 13.7. The molecule has 19 heavy (non-hydrogen) atoms. The van der Waals surface area contributed by atoms with E-state index in [4.69, 9.17) is 4.74 Å². The van der Waals surface area contributed by atoms with E-state index in [0.29, 0.717) is 12.1 Å². The third-order valence-corrected chi connectivity index (χ3v) is 3.82. The molecule has 0 saturated carbocycles. The fourth-order valence-corrected chi connectivity index (χ4v) is 2.56. The summed E-state index contributed by atoms with van der Waals surface area (Å²) in [6.07, 6.45) is 1.42. The maximum absolute atomic E-state index is 5.79. The second-order valence-electron chi connectivity index (χ2n) is 5.53. The summed E-state index contributed by atoms with van der Waals surface area (Å²) in [5.41, 5.74) is 2.69. The van der Waals surface area contributed by atoms with Crippen molar-refractivity contribution in [2.24, 2.45) is 0 Å². The van der Waals surface area contributed by atoms with Crippen LogP contribution >= 0.6 is 0 Å². The van der Waals surface area contributed by atoms with Crippen molar-refractivity contribution in [2.45, 2.75) is 32.4 Å². The summed E-state index contributed by atoms with van der Waals surface area (Å²) < 4.78 is 5.79. The van der Waals surface area contributed by atoms with E-state index >= 15 is 0 Å². The smallest absolute Gasteiger partial charge is 0.0826 e. The zero-order valence-electron chi connectivity index (χ0n) is 12.4. The highest BCUT2D eigenvalue weighted by molar-refractivity contribution is 5.24. The molecule has 0 aliphatic carbocycles. The normalized spacial score (nSPS) is 22.4. The molecule has 3 heteroatoms. The van der Waals surface area contributed by atoms with Crippen LogP contribution in [0.3, 0.4) is 0 Å². The van der Waals surface area contributed by atoms with Gasteiger partial charge in [-0.1, -0.05) is 36.8 Å². The Balaban J connectivity index is 1.87. The van der Waals surface area contributed by atoms with Crippen molar-refractivity contribution in [3.8, 4) is 0 Å². The molecule has 1 saturated heterocycles. The van der Waals surface area contributed by atoms with Gasteiger partial charge in [-0.2, -0.15) is 0 Å². The molecule has 0 bridgehead atoms. The second kappa shape index (κ2) is 7.04. The Morgan fingerprint density at radius 2 is 2.11 bits per heavy atom. The largest absolute Gasteiger partial charge is 0.374 e. The molecule has 0 aromatic heterocycles. The first-order chi connectivity index (χ1) is 9.19. The molecule has 1 aromatic carbocycles. The number of ether oxygens (including phenoxy) is 1. The molecule has 2 atom stereocenters. The van der Waals surface area contributed by atoms with Gasteiger partial charge in [-0.05, 0) is 26.0 Å². The average Bonchev–Trinajstić information content (AvgIpc) is 2.41. The first-order valence-electron chi connectivity index (χ1n) is 7.29. The van der Waals surface area contributed by atoms with Crippen molar-refractivity contribution in [1.29, 1.82) is 0 Å². The number of hydrogen-bond acceptors (Lipinski definition) is 3. The molecule has 0 spiro atoms. The SMILES string of the molecule is CCC(NCC1CN(C)CCO1)c1ccc(C)cc1. The van der Waals surface area contributed by atoms with Crippen molar-refractivity contribution in [3.05, 3.63) is 35.4 Å². The molecule has 1 aliphatic heterocycles. The summed E-state index contributed by atoms with van der Waals surface area (Å²) in [5.74, 6) is 0. The van der Waals surface area contributed by atoms with E-state index in [2.05, 4.69) is 55.4 Å². The Morgan fingerprint density at radius 1 is 1.37 bits per heavy atom. The predicted molar refractivity (Wildman–Crippen MR) is 79.5 cm³/mol. The Bertz CT molecular complexity index is 377. The third-order valence-electron chi connectivity index (χ3n) is 3.82. The molecule has 106 valence electrons. The van der Waals surface area contributed by atoms with Gasteiger partial charge < -0.3 is 15.0 Å². The minimum Gasteiger partial charge on any atom is -0.374 e. The summed E-state index contributed by atoms with van der Waals surface area (Å²) in [6, 6.07) is 9.25. The van der Waals surface area contributed by atoms with E-state index in [1.807, 2.05) is 0 Å². The van der Waals surface area contributed by atoms with Gasteiger partial charge in [0.2, 0.25) is 0 Å². The van der Waals surface area contributed by atoms with Crippen LogP contribution < -0.4 is 5.32 Å². The second-order valence-corrected chi connectivity index (χ2v) is 5.53. The van der Waals surface area contributed by atoms with Gasteiger partial charge >= 0.3 is 0 Å². The van der Waals surface area contributed by atoms with Crippen LogP contribution in [-0.2, 0) is 4.74 Å². The fourth-order valence-electron chi connectivity index (χ4n) is 2.56. The highest BCUT2D eigenvalue weighted by Crippen LogP contribution is 2.17. The number of nitrogens with one attached hydrogen (secondary N) is 1. The standard InChI is InChI=1S/C16H26N2O/c1-4-16(14-7-5-13(2)6-8-14)17-11-15-12-18(3)9-10-19-15/h5-8,15-17H,4,9-12H2,1-3H3. The highest BCUT2D eigenvalue weighted by atomic mass is 16.5. The minimum absolute atomic E-state index is 0.318. The molecule has 1 N–H and O–H groups in total. The fraction of sp³-hybridized carbons (Fsp3) is 0.625. The number of nitrogens with zero attached hydrogens (tertiary/aromatic N) is 1. The Hall–Kier alpha value is -0.900. The van der Waals surface area contributed by atoms with E-state index in [1.54, 1.807) is 0 Å². The van der Waals surface area contributed by atoms with Gasteiger partial charge in [0, 0.05) is 25.7 Å². The van der Waals surface area contributed by atoms with Crippen LogP contribution in [0.1, 0.15) is 30.5 Å². The lowest BCUT2D eigenvalue weighted by Crippen LogP contribution is -2.45. The summed E-state index contributed by atoms with van der Waals surface area (Å²) in [5, 5.41) is 3.64. The van der Waals surface area contributed by atoms with Crippen molar-refractivity contribution in [1.82, 2.24) is 10.2 Å².